The van der Waals surface area contributed by atoms with Crippen molar-refractivity contribution in [1.29, 1.82) is 0 Å². The van der Waals surface area contributed by atoms with Crippen LogP contribution < -0.4 is 5.32 Å². The van der Waals surface area contributed by atoms with Crippen molar-refractivity contribution in [3.8, 4) is 0 Å². The van der Waals surface area contributed by atoms with E-state index in [4.69, 9.17) is 4.42 Å². The standard InChI is InChI=1S/C14H15N3OS2/c1-4-9-7-10-12(19-9)16-14(15-3)17-13(10)20-11-5-6-18-8(11)2/h5-7H,4H2,1-3H3,(H,15,16,17). The molecule has 3 rings (SSSR count). The number of fused-ring (bicyclic) bond motifs is 1. The van der Waals surface area contributed by atoms with Crippen LogP contribution in [0.25, 0.3) is 10.2 Å². The van der Waals surface area contributed by atoms with E-state index in [1.54, 1.807) is 29.4 Å². The fourth-order valence-corrected chi connectivity index (χ4v) is 3.85. The molecule has 0 fully saturated rings. The first-order chi connectivity index (χ1) is 9.71. The van der Waals surface area contributed by atoms with E-state index in [1.807, 2.05) is 20.0 Å². The third-order valence-corrected chi connectivity index (χ3v) is 5.32. The molecule has 0 saturated heterocycles. The summed E-state index contributed by atoms with van der Waals surface area (Å²) in [7, 11) is 1.84. The van der Waals surface area contributed by atoms with Gasteiger partial charge in [0.1, 0.15) is 15.6 Å². The van der Waals surface area contributed by atoms with Crippen molar-refractivity contribution in [2.75, 3.05) is 12.4 Å². The van der Waals surface area contributed by atoms with Crippen LogP contribution in [-0.2, 0) is 6.42 Å². The molecule has 0 aliphatic carbocycles. The lowest BCUT2D eigenvalue weighted by atomic mass is 10.3. The van der Waals surface area contributed by atoms with Gasteiger partial charge in [-0.15, -0.1) is 11.3 Å². The van der Waals surface area contributed by atoms with E-state index in [1.165, 1.54) is 4.88 Å². The van der Waals surface area contributed by atoms with E-state index >= 15 is 0 Å². The summed E-state index contributed by atoms with van der Waals surface area (Å²) in [6.07, 6.45) is 2.73. The van der Waals surface area contributed by atoms with Crippen LogP contribution in [-0.4, -0.2) is 17.0 Å². The Morgan fingerprint density at radius 3 is 2.90 bits per heavy atom. The summed E-state index contributed by atoms with van der Waals surface area (Å²) in [5.74, 6) is 1.57. The second-order valence-electron chi connectivity index (χ2n) is 4.33. The third-order valence-electron chi connectivity index (χ3n) is 3.00. The molecule has 0 amide bonds. The lowest BCUT2D eigenvalue weighted by Crippen LogP contribution is -1.96. The van der Waals surface area contributed by atoms with E-state index in [9.17, 15) is 0 Å². The molecule has 3 aromatic heterocycles. The molecule has 4 nitrogen and oxygen atoms in total. The normalized spacial score (nSPS) is 11.2. The number of hydrogen-bond acceptors (Lipinski definition) is 6. The van der Waals surface area contributed by atoms with Gasteiger partial charge in [0.15, 0.2) is 0 Å². The van der Waals surface area contributed by atoms with Gasteiger partial charge in [0.2, 0.25) is 5.95 Å². The van der Waals surface area contributed by atoms with Gasteiger partial charge >= 0.3 is 0 Å². The van der Waals surface area contributed by atoms with Crippen molar-refractivity contribution in [2.24, 2.45) is 0 Å². The monoisotopic (exact) mass is 305 g/mol. The van der Waals surface area contributed by atoms with Crippen LogP contribution in [0.1, 0.15) is 17.6 Å². The number of hydrogen-bond donors (Lipinski definition) is 1. The molecule has 0 aliphatic rings. The molecule has 3 aromatic rings. The summed E-state index contributed by atoms with van der Waals surface area (Å²) in [4.78, 5) is 12.6. The number of aryl methyl sites for hydroxylation is 2. The molecule has 0 atom stereocenters. The van der Waals surface area contributed by atoms with E-state index in [-0.39, 0.29) is 0 Å². The van der Waals surface area contributed by atoms with Gasteiger partial charge in [-0.05, 0) is 25.5 Å². The van der Waals surface area contributed by atoms with Gasteiger partial charge in [-0.3, -0.25) is 0 Å². The number of anilines is 1. The summed E-state index contributed by atoms with van der Waals surface area (Å²) < 4.78 is 5.35. The Bertz CT molecular complexity index is 748. The maximum atomic E-state index is 5.35. The third kappa shape index (κ3) is 2.41. The molecular formula is C14H15N3OS2. The second-order valence-corrected chi connectivity index (χ2v) is 6.48. The van der Waals surface area contributed by atoms with Gasteiger partial charge in [-0.25, -0.2) is 9.97 Å². The first-order valence-electron chi connectivity index (χ1n) is 6.41. The van der Waals surface area contributed by atoms with Crippen molar-refractivity contribution in [1.82, 2.24) is 9.97 Å². The molecule has 1 N–H and O–H groups in total. The lowest BCUT2D eigenvalue weighted by molar-refractivity contribution is 0.527. The Balaban J connectivity index is 2.12. The van der Waals surface area contributed by atoms with Crippen LogP contribution in [0, 0.1) is 6.92 Å². The van der Waals surface area contributed by atoms with Crippen molar-refractivity contribution in [3.63, 3.8) is 0 Å². The molecule has 0 aromatic carbocycles. The minimum absolute atomic E-state index is 0.658. The average molecular weight is 305 g/mol. The molecule has 0 bridgehead atoms. The lowest BCUT2D eigenvalue weighted by Gasteiger charge is -2.04. The van der Waals surface area contributed by atoms with E-state index in [0.29, 0.717) is 5.95 Å². The molecule has 0 radical (unpaired) electrons. The zero-order valence-electron chi connectivity index (χ0n) is 11.6. The van der Waals surface area contributed by atoms with Crippen molar-refractivity contribution in [3.05, 3.63) is 29.0 Å². The predicted molar refractivity (Wildman–Crippen MR) is 83.9 cm³/mol. The molecule has 0 aliphatic heterocycles. The second kappa shape index (κ2) is 5.46. The van der Waals surface area contributed by atoms with Gasteiger partial charge in [-0.2, -0.15) is 0 Å². The highest BCUT2D eigenvalue weighted by Gasteiger charge is 2.14. The van der Waals surface area contributed by atoms with Crippen LogP contribution in [0.15, 0.2) is 32.7 Å². The number of furan rings is 1. The largest absolute Gasteiger partial charge is 0.468 e. The summed E-state index contributed by atoms with van der Waals surface area (Å²) in [6.45, 7) is 4.12. The maximum absolute atomic E-state index is 5.35. The number of rotatable bonds is 4. The van der Waals surface area contributed by atoms with Crippen LogP contribution in [0.3, 0.4) is 0 Å². The Labute approximate surface area is 125 Å². The molecule has 3 heterocycles. The minimum Gasteiger partial charge on any atom is -0.468 e. The van der Waals surface area contributed by atoms with Crippen molar-refractivity contribution < 1.29 is 4.42 Å². The molecule has 6 heteroatoms. The average Bonchev–Trinajstić information content (AvgIpc) is 3.05. The van der Waals surface area contributed by atoms with Crippen LogP contribution >= 0.6 is 23.1 Å². The molecule has 0 saturated carbocycles. The summed E-state index contributed by atoms with van der Waals surface area (Å²) >= 11 is 3.36. The van der Waals surface area contributed by atoms with Crippen molar-refractivity contribution in [2.45, 2.75) is 30.2 Å². The Morgan fingerprint density at radius 1 is 1.40 bits per heavy atom. The topological polar surface area (TPSA) is 51.0 Å². The Morgan fingerprint density at radius 2 is 2.25 bits per heavy atom. The van der Waals surface area contributed by atoms with Gasteiger partial charge in [0.25, 0.3) is 0 Å². The number of thiophene rings is 1. The fourth-order valence-electron chi connectivity index (χ4n) is 1.89. The summed E-state index contributed by atoms with van der Waals surface area (Å²) in [5, 5.41) is 5.12. The molecular weight excluding hydrogens is 290 g/mol. The van der Waals surface area contributed by atoms with Crippen LogP contribution in [0.5, 0.6) is 0 Å². The number of nitrogens with one attached hydrogen (secondary N) is 1. The molecule has 104 valence electrons. The van der Waals surface area contributed by atoms with Gasteiger partial charge in [0, 0.05) is 17.3 Å². The van der Waals surface area contributed by atoms with Gasteiger partial charge in [-0.1, -0.05) is 18.7 Å². The first-order valence-corrected chi connectivity index (χ1v) is 8.04. The maximum Gasteiger partial charge on any atom is 0.224 e. The molecule has 20 heavy (non-hydrogen) atoms. The molecule has 0 spiro atoms. The zero-order valence-corrected chi connectivity index (χ0v) is 13.2. The van der Waals surface area contributed by atoms with Gasteiger partial charge < -0.3 is 9.73 Å². The first kappa shape index (κ1) is 13.5. The molecule has 0 unspecified atom stereocenters. The summed E-state index contributed by atoms with van der Waals surface area (Å²) in [5.41, 5.74) is 0. The smallest absolute Gasteiger partial charge is 0.224 e. The fraction of sp³-hybridized carbons (Fsp3) is 0.286. The Hall–Kier alpha value is -1.53. The quantitative estimate of drug-likeness (QED) is 0.726. The highest BCUT2D eigenvalue weighted by molar-refractivity contribution is 7.99. The Kier molecular flexibility index (Phi) is 3.67. The summed E-state index contributed by atoms with van der Waals surface area (Å²) in [6, 6.07) is 4.16. The van der Waals surface area contributed by atoms with E-state index in [0.717, 1.165) is 32.3 Å². The van der Waals surface area contributed by atoms with Crippen molar-refractivity contribution >= 4 is 39.3 Å². The highest BCUT2D eigenvalue weighted by Crippen LogP contribution is 2.37. The highest BCUT2D eigenvalue weighted by atomic mass is 32.2. The van der Waals surface area contributed by atoms with E-state index < -0.39 is 0 Å². The number of aromatic nitrogens is 2. The van der Waals surface area contributed by atoms with Crippen LogP contribution in [0.4, 0.5) is 5.95 Å². The SMILES string of the molecule is CCc1cc2c(Sc3ccoc3C)nc(NC)nc2s1. The van der Waals surface area contributed by atoms with E-state index in [2.05, 4.69) is 28.3 Å². The number of nitrogens with zero attached hydrogens (tertiary/aromatic N) is 2. The predicted octanol–water partition coefficient (Wildman–Crippen LogP) is 4.35. The van der Waals surface area contributed by atoms with Gasteiger partial charge in [0.05, 0.1) is 11.2 Å². The minimum atomic E-state index is 0.658. The van der Waals surface area contributed by atoms with Crippen LogP contribution in [0.2, 0.25) is 0 Å². The zero-order chi connectivity index (χ0) is 14.1.